The van der Waals surface area contributed by atoms with Gasteiger partial charge in [-0.1, -0.05) is 37.1 Å². The van der Waals surface area contributed by atoms with Gasteiger partial charge in [0.1, 0.15) is 12.1 Å². The smallest absolute Gasteiger partial charge is 0.264 e. The van der Waals surface area contributed by atoms with E-state index in [0.29, 0.717) is 24.3 Å². The van der Waals surface area contributed by atoms with Gasteiger partial charge >= 0.3 is 0 Å². The number of fused-ring (bicyclic) bond motifs is 1. The third-order valence-electron chi connectivity index (χ3n) is 7.88. The van der Waals surface area contributed by atoms with E-state index in [1.165, 1.54) is 0 Å². The molecule has 1 aliphatic carbocycles. The molecule has 3 aliphatic rings. The topological polar surface area (TPSA) is 154 Å². The van der Waals surface area contributed by atoms with Crippen LogP contribution in [0.25, 0.3) is 0 Å². The number of rotatable bonds is 13. The van der Waals surface area contributed by atoms with E-state index in [2.05, 4.69) is 21.3 Å². The summed E-state index contributed by atoms with van der Waals surface area (Å²) in [4.78, 5) is 76.2. The summed E-state index contributed by atoms with van der Waals surface area (Å²) in [7, 11) is 0. The minimum Gasteiger partial charge on any atom is -0.384 e. The number of nitrogens with one attached hydrogen (secondary N) is 4. The predicted octanol–water partition coefficient (Wildman–Crippen LogP) is 2.38. The SMILES string of the molecule is O=C1CCC(N2C(=O)c3cccc(NCCCCCCNC(=O)C(NC(=O)c4ccccc4)C4CC4)c3C2=O)C(=O)N1. The number of nitrogens with zero attached hydrogens (tertiary/aromatic N) is 1. The maximum atomic E-state index is 13.2. The maximum Gasteiger partial charge on any atom is 0.264 e. The zero-order chi connectivity index (χ0) is 29.6. The number of hydrogen-bond acceptors (Lipinski definition) is 7. The van der Waals surface area contributed by atoms with E-state index in [1.54, 1.807) is 42.5 Å². The highest BCUT2D eigenvalue weighted by Crippen LogP contribution is 2.33. The summed E-state index contributed by atoms with van der Waals surface area (Å²) in [6, 6.07) is 12.4. The Hall–Kier alpha value is -4.54. The molecule has 0 bridgehead atoms. The summed E-state index contributed by atoms with van der Waals surface area (Å²) in [6.45, 7) is 1.10. The average molecular weight is 574 g/mol. The lowest BCUT2D eigenvalue weighted by molar-refractivity contribution is -0.136. The monoisotopic (exact) mass is 573 g/mol. The third kappa shape index (κ3) is 6.50. The molecule has 220 valence electrons. The lowest BCUT2D eigenvalue weighted by atomic mass is 10.0. The molecular weight excluding hydrogens is 538 g/mol. The largest absolute Gasteiger partial charge is 0.384 e. The molecule has 2 aromatic rings. The zero-order valence-electron chi connectivity index (χ0n) is 23.3. The molecule has 1 saturated carbocycles. The Morgan fingerprint density at radius 3 is 2.31 bits per heavy atom. The number of benzene rings is 2. The Balaban J connectivity index is 1.03. The van der Waals surface area contributed by atoms with Gasteiger partial charge in [0, 0.05) is 30.8 Å². The van der Waals surface area contributed by atoms with Crippen molar-refractivity contribution in [1.82, 2.24) is 20.9 Å². The van der Waals surface area contributed by atoms with Crippen LogP contribution in [0.5, 0.6) is 0 Å². The van der Waals surface area contributed by atoms with Gasteiger partial charge < -0.3 is 16.0 Å². The molecule has 11 heteroatoms. The Kier molecular flexibility index (Phi) is 8.94. The van der Waals surface area contributed by atoms with Gasteiger partial charge in [0.25, 0.3) is 17.7 Å². The minimum absolute atomic E-state index is 0.0739. The second-order valence-corrected chi connectivity index (χ2v) is 11.0. The number of anilines is 1. The molecule has 0 radical (unpaired) electrons. The first-order chi connectivity index (χ1) is 20.3. The van der Waals surface area contributed by atoms with Gasteiger partial charge in [0.05, 0.1) is 11.1 Å². The number of piperidine rings is 1. The average Bonchev–Trinajstić information content (AvgIpc) is 3.80. The molecule has 2 unspecified atom stereocenters. The molecule has 5 rings (SSSR count). The van der Waals surface area contributed by atoms with Crippen LogP contribution in [-0.2, 0) is 14.4 Å². The quantitative estimate of drug-likeness (QED) is 0.212. The fraction of sp³-hybridized carbons (Fsp3) is 0.419. The van der Waals surface area contributed by atoms with E-state index < -0.39 is 35.7 Å². The highest BCUT2D eigenvalue weighted by Gasteiger charge is 2.45. The number of unbranched alkanes of at least 4 members (excludes halogenated alkanes) is 3. The van der Waals surface area contributed by atoms with Crippen molar-refractivity contribution in [3.63, 3.8) is 0 Å². The molecule has 4 N–H and O–H groups in total. The fourth-order valence-corrected chi connectivity index (χ4v) is 5.45. The van der Waals surface area contributed by atoms with Gasteiger partial charge in [-0.15, -0.1) is 0 Å². The van der Waals surface area contributed by atoms with E-state index in [1.807, 2.05) is 6.07 Å². The van der Waals surface area contributed by atoms with Crippen molar-refractivity contribution < 1.29 is 28.8 Å². The molecule has 2 fully saturated rings. The summed E-state index contributed by atoms with van der Waals surface area (Å²) in [5.41, 5.74) is 1.57. The zero-order valence-corrected chi connectivity index (χ0v) is 23.3. The summed E-state index contributed by atoms with van der Waals surface area (Å²) < 4.78 is 0. The first-order valence-electron chi connectivity index (χ1n) is 14.6. The van der Waals surface area contributed by atoms with Crippen molar-refractivity contribution in [2.24, 2.45) is 5.92 Å². The van der Waals surface area contributed by atoms with Gasteiger partial charge in [-0.05, 0) is 62.3 Å². The maximum absolute atomic E-state index is 13.2. The highest BCUT2D eigenvalue weighted by molar-refractivity contribution is 6.25. The van der Waals surface area contributed by atoms with Crippen LogP contribution >= 0.6 is 0 Å². The fourth-order valence-electron chi connectivity index (χ4n) is 5.45. The molecule has 2 heterocycles. The Bertz CT molecular complexity index is 1390. The van der Waals surface area contributed by atoms with Crippen molar-refractivity contribution in [2.75, 3.05) is 18.4 Å². The number of imide groups is 2. The highest BCUT2D eigenvalue weighted by atomic mass is 16.2. The van der Waals surface area contributed by atoms with Gasteiger partial charge in [0.2, 0.25) is 17.7 Å². The first kappa shape index (κ1) is 29.0. The summed E-state index contributed by atoms with van der Waals surface area (Å²) in [5, 5.41) is 11.3. The minimum atomic E-state index is -0.997. The molecule has 0 aromatic heterocycles. The second kappa shape index (κ2) is 13.0. The first-order valence-corrected chi connectivity index (χ1v) is 14.6. The van der Waals surface area contributed by atoms with E-state index in [9.17, 15) is 28.8 Å². The molecule has 2 aromatic carbocycles. The van der Waals surface area contributed by atoms with Crippen LogP contribution in [-0.4, -0.2) is 65.5 Å². The second-order valence-electron chi connectivity index (χ2n) is 11.0. The van der Waals surface area contributed by atoms with E-state index >= 15 is 0 Å². The molecule has 2 aliphatic heterocycles. The van der Waals surface area contributed by atoms with Crippen molar-refractivity contribution in [2.45, 2.75) is 63.5 Å². The Morgan fingerprint density at radius 2 is 1.60 bits per heavy atom. The lowest BCUT2D eigenvalue weighted by Crippen LogP contribution is -2.54. The van der Waals surface area contributed by atoms with Crippen LogP contribution in [0.2, 0.25) is 0 Å². The molecule has 6 amide bonds. The molecule has 2 atom stereocenters. The molecule has 11 nitrogen and oxygen atoms in total. The van der Waals surface area contributed by atoms with E-state index in [4.69, 9.17) is 0 Å². The van der Waals surface area contributed by atoms with Crippen LogP contribution in [0.3, 0.4) is 0 Å². The van der Waals surface area contributed by atoms with E-state index in [0.717, 1.165) is 43.4 Å². The number of amides is 6. The summed E-state index contributed by atoms with van der Waals surface area (Å²) in [6.07, 6.45) is 5.44. The van der Waals surface area contributed by atoms with Crippen molar-refractivity contribution in [1.29, 1.82) is 0 Å². The molecule has 42 heavy (non-hydrogen) atoms. The van der Waals surface area contributed by atoms with Crippen molar-refractivity contribution in [3.8, 4) is 0 Å². The Morgan fingerprint density at radius 1 is 0.857 bits per heavy atom. The van der Waals surface area contributed by atoms with Crippen LogP contribution < -0.4 is 21.3 Å². The number of carbonyl (C=O) groups is 6. The van der Waals surface area contributed by atoms with Gasteiger partial charge in [0.15, 0.2) is 0 Å². The van der Waals surface area contributed by atoms with Gasteiger partial charge in [-0.3, -0.25) is 39.0 Å². The normalized spacial score (nSPS) is 18.8. The van der Waals surface area contributed by atoms with Crippen LogP contribution in [0.1, 0.15) is 82.4 Å². The van der Waals surface area contributed by atoms with Crippen LogP contribution in [0.4, 0.5) is 5.69 Å². The van der Waals surface area contributed by atoms with Gasteiger partial charge in [-0.2, -0.15) is 0 Å². The predicted molar refractivity (Wildman–Crippen MR) is 154 cm³/mol. The molecule has 1 saturated heterocycles. The summed E-state index contributed by atoms with van der Waals surface area (Å²) in [5.74, 6) is -2.31. The standard InChI is InChI=1S/C31H35N5O6/c37-24-16-15-23(28(39)34-24)36-30(41)21-11-8-12-22(25(21)31(36)42)32-17-6-1-2-7-18-33-29(40)26(19-13-14-19)35-27(38)20-9-4-3-5-10-20/h3-5,8-12,19,23,26,32H,1-2,6-7,13-18H2,(H,33,40)(H,35,38)(H,34,37,39). The summed E-state index contributed by atoms with van der Waals surface area (Å²) >= 11 is 0. The van der Waals surface area contributed by atoms with Crippen LogP contribution in [0.15, 0.2) is 48.5 Å². The molecule has 0 spiro atoms. The van der Waals surface area contributed by atoms with Crippen molar-refractivity contribution in [3.05, 3.63) is 65.2 Å². The van der Waals surface area contributed by atoms with Gasteiger partial charge in [-0.25, -0.2) is 0 Å². The van der Waals surface area contributed by atoms with Crippen LogP contribution in [0, 0.1) is 5.92 Å². The third-order valence-corrected chi connectivity index (χ3v) is 7.88. The number of carbonyl (C=O) groups excluding carboxylic acids is 6. The van der Waals surface area contributed by atoms with Crippen molar-refractivity contribution >= 4 is 41.1 Å². The lowest BCUT2D eigenvalue weighted by Gasteiger charge is -2.27. The molecular formula is C31H35N5O6. The Labute approximate surface area is 243 Å². The number of hydrogen-bond donors (Lipinski definition) is 4. The van der Waals surface area contributed by atoms with E-state index in [-0.39, 0.29) is 41.7 Å².